The summed E-state index contributed by atoms with van der Waals surface area (Å²) in [6, 6.07) is 86.4. The van der Waals surface area contributed by atoms with Crippen molar-refractivity contribution in [2.45, 2.75) is 170 Å². The molecule has 20 rings (SSSR count). The Morgan fingerprint density at radius 3 is 0.882 bits per heavy atom. The average Bonchev–Trinajstić information content (AvgIpc) is 0.686. The predicted octanol–water partition coefficient (Wildman–Crippen LogP) is 25.6. The predicted molar refractivity (Wildman–Crippen MR) is 540 cm³/mol. The van der Waals surface area contributed by atoms with Gasteiger partial charge >= 0.3 is 0 Å². The summed E-state index contributed by atoms with van der Waals surface area (Å²) in [5, 5.41) is 0. The van der Waals surface area contributed by atoms with E-state index in [2.05, 4.69) is 420 Å². The Morgan fingerprint density at radius 1 is 0.276 bits per heavy atom. The number of rotatable bonds is 13. The molecule has 6 aliphatic heterocycles. The van der Waals surface area contributed by atoms with Crippen molar-refractivity contribution in [1.29, 1.82) is 0 Å². The molecule has 0 aliphatic carbocycles. The zero-order chi connectivity index (χ0) is 88.9. The van der Waals surface area contributed by atoms with Crippen LogP contribution in [0.15, 0.2) is 260 Å². The fourth-order valence-corrected chi connectivity index (χ4v) is 21.7. The minimum atomic E-state index is -0.430. The number of hydrogen-bond donors (Lipinski definition) is 0. The van der Waals surface area contributed by atoms with Crippen LogP contribution in [0.1, 0.15) is 151 Å². The molecule has 0 spiro atoms. The third-order valence-electron chi connectivity index (χ3n) is 26.2. The van der Waals surface area contributed by atoms with Gasteiger partial charge in [-0.15, -0.1) is 0 Å². The van der Waals surface area contributed by atoms with Gasteiger partial charge in [-0.05, 0) is 382 Å². The number of allylic oxidation sites excluding steroid dienone is 5. The molecule has 0 saturated carbocycles. The minimum Gasteiger partial charge on any atom is -0.458 e. The fourth-order valence-electron chi connectivity index (χ4n) is 21.7. The van der Waals surface area contributed by atoms with Crippen LogP contribution in [-0.4, -0.2) is 20.1 Å². The highest BCUT2D eigenvalue weighted by molar-refractivity contribution is 7.03. The first-order valence-corrected chi connectivity index (χ1v) is 45.0. The van der Waals surface area contributed by atoms with Gasteiger partial charge in [0.15, 0.2) is 0 Å². The Morgan fingerprint density at radius 2 is 0.551 bits per heavy atom. The Labute approximate surface area is 752 Å². The normalized spacial score (nSPS) is 13.6. The van der Waals surface area contributed by atoms with Gasteiger partial charge in [0.25, 0.3) is 20.1 Å². The summed E-state index contributed by atoms with van der Waals surface area (Å²) in [5.74, 6) is 6.27. The van der Waals surface area contributed by atoms with E-state index in [9.17, 15) is 0 Å². The molecule has 0 N–H and O–H groups in total. The Kier molecular flexibility index (Phi) is 19.5. The van der Waals surface area contributed by atoms with Crippen LogP contribution in [0.4, 0.5) is 79.6 Å². The second-order valence-corrected chi connectivity index (χ2v) is 39.8. The van der Waals surface area contributed by atoms with Crippen LogP contribution in [0, 0.1) is 96.9 Å². The topological polar surface area (TPSA) is 53.1 Å². The van der Waals surface area contributed by atoms with Crippen LogP contribution >= 0.6 is 0 Å². The number of ether oxygens (including phenoxy) is 4. The largest absolute Gasteiger partial charge is 0.458 e. The van der Waals surface area contributed by atoms with E-state index in [-0.39, 0.29) is 24.3 Å². The van der Waals surface area contributed by atoms with Gasteiger partial charge in [-0.3, -0.25) is 0 Å². The lowest BCUT2D eigenvalue weighted by Crippen LogP contribution is -2.64. The molecule has 9 nitrogen and oxygen atoms in total. The molecule has 0 radical (unpaired) electrons. The van der Waals surface area contributed by atoms with E-state index < -0.39 is 6.71 Å². The molecule has 0 amide bonds. The van der Waals surface area contributed by atoms with E-state index in [1.165, 1.54) is 66.8 Å². The smallest absolute Gasteiger partial charge is 0.260 e. The lowest BCUT2D eigenvalue weighted by molar-refractivity contribution is 0.464. The summed E-state index contributed by atoms with van der Waals surface area (Å²) < 4.78 is 31.4. The summed E-state index contributed by atoms with van der Waals surface area (Å²) in [4.78, 5) is 12.3. The van der Waals surface area contributed by atoms with E-state index in [1.54, 1.807) is 0 Å². The second kappa shape index (κ2) is 30.2. The van der Waals surface area contributed by atoms with E-state index >= 15 is 0 Å². The van der Waals surface area contributed by atoms with Crippen LogP contribution < -0.4 is 92.6 Å². The summed E-state index contributed by atoms with van der Waals surface area (Å²) in [6.45, 7) is 54.4. The molecular weight excluding hydrogens is 1550 g/mol. The highest BCUT2D eigenvalue weighted by atomic mass is 16.5. The molecule has 0 saturated heterocycles. The molecule has 628 valence electrons. The molecule has 0 atom stereocenters. The Bertz CT molecular complexity index is 6930. The van der Waals surface area contributed by atoms with Crippen LogP contribution in [0.3, 0.4) is 0 Å². The maximum Gasteiger partial charge on any atom is 0.260 e. The number of nitrogens with zero attached hydrogens (tertiary/aromatic N) is 5. The highest BCUT2D eigenvalue weighted by Crippen LogP contribution is 2.53. The summed E-state index contributed by atoms with van der Waals surface area (Å²) in [7, 11) is 0. The van der Waals surface area contributed by atoms with Crippen molar-refractivity contribution in [3.8, 4) is 46.0 Å². The van der Waals surface area contributed by atoms with Gasteiger partial charge in [0.1, 0.15) is 46.0 Å². The highest BCUT2D eigenvalue weighted by Gasteiger charge is 2.51. The van der Waals surface area contributed by atoms with E-state index in [0.717, 1.165) is 214 Å². The molecule has 14 aromatic rings. The zero-order valence-electron chi connectivity index (χ0n) is 77.8. The van der Waals surface area contributed by atoms with Crippen molar-refractivity contribution in [3.05, 3.63) is 349 Å². The second-order valence-electron chi connectivity index (χ2n) is 39.8. The van der Waals surface area contributed by atoms with Gasteiger partial charge in [-0.25, -0.2) is 0 Å². The SMILES string of the molecule is C=C(C)/C=C(C)\C=C(/C)N(c1cc(C)cc(C)c1)c1cc2c3c(c1)Oc1cc4c(cc1B3c1cc(C(C)(C)C)ccc1O2)B1c2cc3c(cc2Oc2cc(N(c5cc(C)cc(C)c5)c5cc(C)cc(C)c5)cc(c21)N4c1cc(C)cc(C)c1)N(c1cc(C)cc(C)c1)c1cc(N(c2cc(C)cc(C)c2)c2cc(C)cc(C)c2)cc2c1B3c1cc(C(C)(C)C)ccc1O2. The van der Waals surface area contributed by atoms with Crippen molar-refractivity contribution < 1.29 is 18.9 Å². The van der Waals surface area contributed by atoms with Crippen LogP contribution in [0.5, 0.6) is 46.0 Å². The maximum atomic E-state index is 8.26. The van der Waals surface area contributed by atoms with Gasteiger partial charge in [0, 0.05) is 110 Å². The first-order chi connectivity index (χ1) is 60.4. The lowest BCUT2D eigenvalue weighted by atomic mass is 9.29. The van der Waals surface area contributed by atoms with Gasteiger partial charge in [0.2, 0.25) is 0 Å². The van der Waals surface area contributed by atoms with Gasteiger partial charge < -0.3 is 43.4 Å². The van der Waals surface area contributed by atoms with Crippen molar-refractivity contribution in [2.24, 2.45) is 0 Å². The number of hydrogen-bond acceptors (Lipinski definition) is 9. The minimum absolute atomic E-state index is 0.195. The Balaban J connectivity index is 0.899. The summed E-state index contributed by atoms with van der Waals surface area (Å²) in [6.07, 6.45) is 4.40. The Hall–Kier alpha value is -13.3. The zero-order valence-corrected chi connectivity index (χ0v) is 77.8. The quantitative estimate of drug-likeness (QED) is 0.0830. The fraction of sp³-hybridized carbons (Fsp3) is 0.217. The molecule has 0 bridgehead atoms. The molecule has 0 unspecified atom stereocenters. The molecular formula is C115H110B3N5O4. The molecule has 6 aliphatic rings. The third-order valence-corrected chi connectivity index (χ3v) is 26.2. The number of fused-ring (bicyclic) bond motifs is 12. The van der Waals surface area contributed by atoms with Crippen molar-refractivity contribution in [1.82, 2.24) is 0 Å². The van der Waals surface area contributed by atoms with Gasteiger partial charge in [-0.1, -0.05) is 139 Å². The molecule has 14 aromatic carbocycles. The lowest BCUT2D eigenvalue weighted by Gasteiger charge is -2.44. The van der Waals surface area contributed by atoms with E-state index in [4.69, 9.17) is 18.9 Å². The van der Waals surface area contributed by atoms with Crippen molar-refractivity contribution in [2.75, 3.05) is 24.5 Å². The van der Waals surface area contributed by atoms with Gasteiger partial charge in [-0.2, -0.15) is 0 Å². The molecule has 0 aromatic heterocycles. The van der Waals surface area contributed by atoms with E-state index in [1.807, 2.05) is 6.92 Å². The number of anilines is 14. The molecule has 12 heteroatoms. The maximum absolute atomic E-state index is 8.26. The van der Waals surface area contributed by atoms with Gasteiger partial charge in [0.05, 0.1) is 17.1 Å². The average molecular weight is 1660 g/mol. The molecule has 6 heterocycles. The number of benzene rings is 14. The monoisotopic (exact) mass is 1660 g/mol. The molecule has 0 fully saturated rings. The summed E-state index contributed by atoms with van der Waals surface area (Å²) >= 11 is 0. The summed E-state index contributed by atoms with van der Waals surface area (Å²) in [5.41, 5.74) is 45.6. The third kappa shape index (κ3) is 14.5. The standard InChI is InChI=1S/C115H110B3N5O4/c1-64(2)29-65(3)37-80(18)119(83-38-66(4)30-67(5)39-83)92-58-109-113-110(59-92)127-106-63-100-94(61-98(106)118(113)96-53-82(115(22,23)24)26-28-104(96)125-109)117-97-60-93-99(62-105(97)126-108-57-91(55-102(112(108)117)123(100)89-50-78(16)36-79(17)51-89)121(86-44-72(10)33-73(11)45-86)87-46-74(12)34-75(13)47-87)122(88-48-76(14)35-77(15)49-88)101-54-90(56-107-111(101)116(93)95-52-81(114(19,20)21)25-27-103(95)124-107)120(84-40-68(6)31-69(7)41-84)85-42-70(8)32-71(9)43-85/h25-63H,1H2,2-24H3/b65-29-,80-37+. The first kappa shape index (κ1) is 82.0. The first-order valence-electron chi connectivity index (χ1n) is 45.0. The molecule has 127 heavy (non-hydrogen) atoms. The van der Waals surface area contributed by atoms with Crippen LogP contribution in [0.25, 0.3) is 0 Å². The van der Waals surface area contributed by atoms with Crippen LogP contribution in [-0.2, 0) is 10.8 Å². The number of aryl methyl sites for hydroxylation is 14. The van der Waals surface area contributed by atoms with Crippen LogP contribution in [0.2, 0.25) is 0 Å². The van der Waals surface area contributed by atoms with Crippen molar-refractivity contribution in [3.63, 3.8) is 0 Å². The van der Waals surface area contributed by atoms with E-state index in [0.29, 0.717) is 0 Å². The van der Waals surface area contributed by atoms with Crippen molar-refractivity contribution >= 4 is 149 Å².